The van der Waals surface area contributed by atoms with E-state index in [2.05, 4.69) is 23.8 Å². The highest BCUT2D eigenvalue weighted by Gasteiger charge is 2.30. The van der Waals surface area contributed by atoms with Crippen LogP contribution in [0.15, 0.2) is 36.7 Å². The maximum absolute atomic E-state index is 14.2. The van der Waals surface area contributed by atoms with Gasteiger partial charge in [-0.05, 0) is 49.1 Å². The molecule has 0 N–H and O–H groups in total. The Kier molecular flexibility index (Phi) is 13.7. The van der Waals surface area contributed by atoms with Crippen molar-refractivity contribution >= 4 is 0 Å². The molecule has 5 heteroatoms. The molecule has 0 aliphatic carbocycles. The van der Waals surface area contributed by atoms with E-state index in [0.29, 0.717) is 12.2 Å². The van der Waals surface area contributed by atoms with Gasteiger partial charge in [0.05, 0.1) is 6.42 Å². The number of ether oxygens (including phenoxy) is 1. The van der Waals surface area contributed by atoms with Crippen LogP contribution in [0.25, 0.3) is 11.4 Å². The Morgan fingerprint density at radius 3 is 1.74 bits per heavy atom. The summed E-state index contributed by atoms with van der Waals surface area (Å²) in [4.78, 5) is 8.94. The van der Waals surface area contributed by atoms with Gasteiger partial charge in [-0.15, -0.1) is 0 Å². The lowest BCUT2D eigenvalue weighted by molar-refractivity contribution is -0.181. The van der Waals surface area contributed by atoms with Crippen LogP contribution in [0.5, 0.6) is 5.75 Å². The van der Waals surface area contributed by atoms with Gasteiger partial charge in [-0.3, -0.25) is 0 Å². The van der Waals surface area contributed by atoms with Gasteiger partial charge < -0.3 is 4.74 Å². The number of halogens is 2. The summed E-state index contributed by atoms with van der Waals surface area (Å²) in [5.74, 6) is 0.775. The quantitative estimate of drug-likeness (QED) is 0.190. The molecule has 0 saturated carbocycles. The van der Waals surface area contributed by atoms with Crippen molar-refractivity contribution in [3.8, 4) is 17.1 Å². The lowest BCUT2D eigenvalue weighted by Gasteiger charge is -2.18. The molecule has 2 aromatic rings. The van der Waals surface area contributed by atoms with Crippen LogP contribution in [0.1, 0.15) is 116 Å². The highest BCUT2D eigenvalue weighted by molar-refractivity contribution is 5.55. The average molecular weight is 475 g/mol. The second-order valence-corrected chi connectivity index (χ2v) is 9.42. The van der Waals surface area contributed by atoms with Crippen molar-refractivity contribution in [2.45, 2.75) is 123 Å². The fourth-order valence-electron chi connectivity index (χ4n) is 4.10. The van der Waals surface area contributed by atoms with Crippen molar-refractivity contribution in [3.63, 3.8) is 0 Å². The lowest BCUT2D eigenvalue weighted by Crippen LogP contribution is -2.24. The topological polar surface area (TPSA) is 35.0 Å². The summed E-state index contributed by atoms with van der Waals surface area (Å²) in [6.45, 7) is 4.41. The molecule has 0 spiro atoms. The minimum absolute atomic E-state index is 0.173. The van der Waals surface area contributed by atoms with Crippen LogP contribution < -0.4 is 4.74 Å². The second-order valence-electron chi connectivity index (χ2n) is 9.42. The third kappa shape index (κ3) is 11.9. The highest BCUT2D eigenvalue weighted by Crippen LogP contribution is 2.28. The monoisotopic (exact) mass is 474 g/mol. The van der Waals surface area contributed by atoms with Crippen LogP contribution in [0, 0.1) is 0 Å². The van der Waals surface area contributed by atoms with Gasteiger partial charge in [0, 0.05) is 18.0 Å². The molecule has 0 bridgehead atoms. The number of hydrogen-bond donors (Lipinski definition) is 0. The number of rotatable bonds is 19. The van der Waals surface area contributed by atoms with Crippen LogP contribution in [0.3, 0.4) is 0 Å². The zero-order valence-corrected chi connectivity index (χ0v) is 21.3. The molecule has 0 atom stereocenters. The third-order valence-electron chi connectivity index (χ3n) is 6.23. The summed E-state index contributed by atoms with van der Waals surface area (Å²) in [7, 11) is 0. The first kappa shape index (κ1) is 28.2. The van der Waals surface area contributed by atoms with E-state index in [1.165, 1.54) is 57.8 Å². The van der Waals surface area contributed by atoms with E-state index < -0.39 is 6.11 Å². The minimum atomic E-state index is -3.14. The predicted octanol–water partition coefficient (Wildman–Crippen LogP) is 9.55. The zero-order valence-electron chi connectivity index (χ0n) is 21.3. The van der Waals surface area contributed by atoms with Crippen LogP contribution >= 0.6 is 0 Å². The van der Waals surface area contributed by atoms with Crippen LogP contribution in [0.4, 0.5) is 8.78 Å². The molecule has 1 heterocycles. The van der Waals surface area contributed by atoms with Gasteiger partial charge in [0.25, 0.3) is 0 Å². The van der Waals surface area contributed by atoms with E-state index in [0.717, 1.165) is 43.2 Å². The molecule has 190 valence electrons. The standard InChI is InChI=1S/C29H44F2N2O/c1-3-5-7-9-11-13-15-17-25-23-32-28(33-24-25)26-18-20-27(21-19-26)34-29(30,31)22-16-14-12-10-8-6-4-2/h18-21,23-24H,3-17,22H2,1-2H3. The van der Waals surface area contributed by atoms with Crippen LogP contribution in [-0.2, 0) is 6.42 Å². The summed E-state index contributed by atoms with van der Waals surface area (Å²) >= 11 is 0. The molecule has 0 aliphatic rings. The zero-order chi connectivity index (χ0) is 24.5. The molecule has 2 rings (SSSR count). The van der Waals surface area contributed by atoms with E-state index in [9.17, 15) is 8.78 Å². The Bertz CT molecular complexity index is 763. The molecule has 0 unspecified atom stereocenters. The molecule has 0 radical (unpaired) electrons. The number of aromatic nitrogens is 2. The van der Waals surface area contributed by atoms with E-state index in [4.69, 9.17) is 4.74 Å². The van der Waals surface area contributed by atoms with E-state index >= 15 is 0 Å². The van der Waals surface area contributed by atoms with E-state index in [-0.39, 0.29) is 12.2 Å². The third-order valence-corrected chi connectivity index (χ3v) is 6.23. The van der Waals surface area contributed by atoms with Crippen molar-refractivity contribution in [1.29, 1.82) is 0 Å². The molecule has 0 saturated heterocycles. The second kappa shape index (κ2) is 16.6. The normalized spacial score (nSPS) is 11.6. The summed E-state index contributed by atoms with van der Waals surface area (Å²) in [5.41, 5.74) is 1.94. The molecule has 3 nitrogen and oxygen atoms in total. The van der Waals surface area contributed by atoms with Crippen molar-refractivity contribution < 1.29 is 13.5 Å². The Hall–Kier alpha value is -2.04. The molecular formula is C29H44F2N2O. The molecule has 1 aromatic carbocycles. The summed E-state index contributed by atoms with van der Waals surface area (Å²) < 4.78 is 33.3. The predicted molar refractivity (Wildman–Crippen MR) is 137 cm³/mol. The van der Waals surface area contributed by atoms with Crippen molar-refractivity contribution in [2.75, 3.05) is 0 Å². The Labute approximate surface area is 205 Å². The van der Waals surface area contributed by atoms with E-state index in [1.807, 2.05) is 12.4 Å². The maximum Gasteiger partial charge on any atom is 0.397 e. The van der Waals surface area contributed by atoms with Gasteiger partial charge in [-0.2, -0.15) is 8.78 Å². The van der Waals surface area contributed by atoms with Gasteiger partial charge in [0.15, 0.2) is 5.82 Å². The fourth-order valence-corrected chi connectivity index (χ4v) is 4.10. The van der Waals surface area contributed by atoms with Gasteiger partial charge in [-0.25, -0.2) is 9.97 Å². The maximum atomic E-state index is 14.2. The van der Waals surface area contributed by atoms with Crippen molar-refractivity contribution in [3.05, 3.63) is 42.2 Å². The fraction of sp³-hybridized carbons (Fsp3) is 0.655. The first-order valence-electron chi connectivity index (χ1n) is 13.5. The molecule has 0 fully saturated rings. The molecule has 0 aliphatic heterocycles. The van der Waals surface area contributed by atoms with Gasteiger partial charge in [0.2, 0.25) is 0 Å². The first-order chi connectivity index (χ1) is 16.5. The van der Waals surface area contributed by atoms with E-state index in [1.54, 1.807) is 24.3 Å². The lowest BCUT2D eigenvalue weighted by atomic mass is 10.1. The summed E-state index contributed by atoms with van der Waals surface area (Å²) in [6, 6.07) is 6.63. The number of aryl methyl sites for hydroxylation is 1. The Morgan fingerprint density at radius 2 is 1.18 bits per heavy atom. The molecular weight excluding hydrogens is 430 g/mol. The molecule has 0 amide bonds. The SMILES string of the molecule is CCCCCCCCCc1cnc(-c2ccc(OC(F)(F)CCCCCCCCC)cc2)nc1. The summed E-state index contributed by atoms with van der Waals surface area (Å²) in [6.07, 6.45) is 17.4. The minimum Gasteiger partial charge on any atom is -0.433 e. The number of hydrogen-bond acceptors (Lipinski definition) is 3. The summed E-state index contributed by atoms with van der Waals surface area (Å²) in [5, 5.41) is 0. The van der Waals surface area contributed by atoms with Gasteiger partial charge >= 0.3 is 6.11 Å². The Balaban J connectivity index is 1.71. The van der Waals surface area contributed by atoms with Crippen molar-refractivity contribution in [2.24, 2.45) is 0 Å². The van der Waals surface area contributed by atoms with Crippen LogP contribution in [0.2, 0.25) is 0 Å². The van der Waals surface area contributed by atoms with Crippen molar-refractivity contribution in [1.82, 2.24) is 9.97 Å². The number of alkyl halides is 2. The van der Waals surface area contributed by atoms with Gasteiger partial charge in [0.1, 0.15) is 5.75 Å². The van der Waals surface area contributed by atoms with Gasteiger partial charge in [-0.1, -0.05) is 90.9 Å². The number of nitrogens with zero attached hydrogens (tertiary/aromatic N) is 2. The van der Waals surface area contributed by atoms with Crippen LogP contribution in [-0.4, -0.2) is 16.1 Å². The Morgan fingerprint density at radius 1 is 0.676 bits per heavy atom. The smallest absolute Gasteiger partial charge is 0.397 e. The average Bonchev–Trinajstić information content (AvgIpc) is 2.83. The highest BCUT2D eigenvalue weighted by atomic mass is 19.3. The number of unbranched alkanes of at least 4 members (excludes halogenated alkanes) is 12. The largest absolute Gasteiger partial charge is 0.433 e. The molecule has 1 aromatic heterocycles. The first-order valence-corrected chi connectivity index (χ1v) is 13.5. The molecule has 34 heavy (non-hydrogen) atoms. The number of benzene rings is 1.